The lowest BCUT2D eigenvalue weighted by Crippen LogP contribution is -2.46. The SMILES string of the molecule is CSc1ncccc1C(=O)N1CCOC(Cc2ccc(F)cc2)C1. The van der Waals surface area contributed by atoms with Crippen molar-refractivity contribution >= 4 is 17.7 Å². The Morgan fingerprint density at radius 3 is 2.92 bits per heavy atom. The number of nitrogens with zero attached hydrogens (tertiary/aromatic N) is 2. The number of hydrogen-bond donors (Lipinski definition) is 0. The molecule has 2 heterocycles. The third-order valence-electron chi connectivity index (χ3n) is 4.00. The topological polar surface area (TPSA) is 42.4 Å². The summed E-state index contributed by atoms with van der Waals surface area (Å²) in [5.74, 6) is -0.263. The molecule has 1 aliphatic rings. The zero-order valence-electron chi connectivity index (χ0n) is 13.4. The standard InChI is InChI=1S/C18H19FN2O2S/c1-24-17-16(3-2-8-20-17)18(22)21-9-10-23-15(12-21)11-13-4-6-14(19)7-5-13/h2-8,15H,9-12H2,1H3. The van der Waals surface area contributed by atoms with Gasteiger partial charge in [-0.05, 0) is 36.1 Å². The Labute approximate surface area is 145 Å². The normalized spacial score (nSPS) is 17.8. The molecule has 1 aromatic heterocycles. The van der Waals surface area contributed by atoms with Crippen molar-refractivity contribution < 1.29 is 13.9 Å². The number of thioether (sulfide) groups is 1. The molecule has 1 atom stereocenters. The lowest BCUT2D eigenvalue weighted by atomic mass is 10.1. The Hall–Kier alpha value is -1.92. The number of ether oxygens (including phenoxy) is 1. The highest BCUT2D eigenvalue weighted by molar-refractivity contribution is 7.98. The van der Waals surface area contributed by atoms with E-state index in [0.717, 1.165) is 10.6 Å². The molecule has 1 saturated heterocycles. The zero-order valence-corrected chi connectivity index (χ0v) is 14.3. The van der Waals surface area contributed by atoms with Crippen molar-refractivity contribution in [1.82, 2.24) is 9.88 Å². The monoisotopic (exact) mass is 346 g/mol. The molecule has 0 bridgehead atoms. The number of carbonyl (C=O) groups is 1. The van der Waals surface area contributed by atoms with E-state index in [2.05, 4.69) is 4.98 Å². The number of benzene rings is 1. The Balaban J connectivity index is 1.68. The average Bonchev–Trinajstić information content (AvgIpc) is 2.63. The number of morpholine rings is 1. The van der Waals surface area contributed by atoms with E-state index in [1.54, 1.807) is 24.4 Å². The van der Waals surface area contributed by atoms with Crippen LogP contribution in [0.2, 0.25) is 0 Å². The molecule has 126 valence electrons. The third kappa shape index (κ3) is 3.94. The van der Waals surface area contributed by atoms with Crippen molar-refractivity contribution in [2.24, 2.45) is 0 Å². The summed E-state index contributed by atoms with van der Waals surface area (Å²) < 4.78 is 18.8. The second-order valence-electron chi connectivity index (χ2n) is 5.63. The molecular formula is C18H19FN2O2S. The van der Waals surface area contributed by atoms with Gasteiger partial charge in [-0.3, -0.25) is 4.79 Å². The third-order valence-corrected chi connectivity index (χ3v) is 4.71. The van der Waals surface area contributed by atoms with Crippen LogP contribution in [0.15, 0.2) is 47.6 Å². The summed E-state index contributed by atoms with van der Waals surface area (Å²) in [5.41, 5.74) is 1.63. The van der Waals surface area contributed by atoms with Crippen LogP contribution in [0.3, 0.4) is 0 Å². The molecule has 2 aromatic rings. The quantitative estimate of drug-likeness (QED) is 0.798. The molecule has 6 heteroatoms. The van der Waals surface area contributed by atoms with Crippen molar-refractivity contribution in [1.29, 1.82) is 0 Å². The molecule has 0 radical (unpaired) electrons. The molecule has 0 aliphatic carbocycles. The van der Waals surface area contributed by atoms with Crippen molar-refractivity contribution in [2.75, 3.05) is 26.0 Å². The summed E-state index contributed by atoms with van der Waals surface area (Å²) in [6, 6.07) is 10.00. The first kappa shape index (κ1) is 16.9. The highest BCUT2D eigenvalue weighted by atomic mass is 32.2. The number of amides is 1. The van der Waals surface area contributed by atoms with Crippen molar-refractivity contribution in [3.63, 3.8) is 0 Å². The van der Waals surface area contributed by atoms with Gasteiger partial charge in [-0.25, -0.2) is 9.37 Å². The summed E-state index contributed by atoms with van der Waals surface area (Å²) >= 11 is 1.47. The van der Waals surface area contributed by atoms with Gasteiger partial charge in [-0.15, -0.1) is 11.8 Å². The van der Waals surface area contributed by atoms with E-state index in [0.29, 0.717) is 31.7 Å². The molecular weight excluding hydrogens is 327 g/mol. The summed E-state index contributed by atoms with van der Waals surface area (Å²) in [6.45, 7) is 1.60. The largest absolute Gasteiger partial charge is 0.374 e. The molecule has 1 aliphatic heterocycles. The lowest BCUT2D eigenvalue weighted by molar-refractivity contribution is -0.0209. The smallest absolute Gasteiger partial charge is 0.256 e. The van der Waals surface area contributed by atoms with Crippen LogP contribution >= 0.6 is 11.8 Å². The zero-order chi connectivity index (χ0) is 16.9. The highest BCUT2D eigenvalue weighted by Gasteiger charge is 2.26. The predicted molar refractivity (Wildman–Crippen MR) is 91.8 cm³/mol. The number of pyridine rings is 1. The lowest BCUT2D eigenvalue weighted by Gasteiger charge is -2.33. The Bertz CT molecular complexity index is 708. The van der Waals surface area contributed by atoms with Gasteiger partial charge >= 0.3 is 0 Å². The fourth-order valence-corrected chi connectivity index (χ4v) is 3.34. The van der Waals surface area contributed by atoms with Crippen LogP contribution in [-0.4, -0.2) is 47.8 Å². The fraction of sp³-hybridized carbons (Fsp3) is 0.333. The van der Waals surface area contributed by atoms with Crippen LogP contribution in [0.4, 0.5) is 4.39 Å². The van der Waals surface area contributed by atoms with E-state index in [1.165, 1.54) is 23.9 Å². The van der Waals surface area contributed by atoms with Crippen molar-refractivity contribution in [3.05, 3.63) is 59.5 Å². The maximum atomic E-state index is 13.0. The van der Waals surface area contributed by atoms with E-state index < -0.39 is 0 Å². The summed E-state index contributed by atoms with van der Waals surface area (Å²) in [6.07, 6.45) is 4.18. The summed E-state index contributed by atoms with van der Waals surface area (Å²) in [5, 5.41) is 0.740. The van der Waals surface area contributed by atoms with Crippen LogP contribution in [-0.2, 0) is 11.2 Å². The second-order valence-corrected chi connectivity index (χ2v) is 6.43. The maximum Gasteiger partial charge on any atom is 0.256 e. The summed E-state index contributed by atoms with van der Waals surface area (Å²) in [4.78, 5) is 18.9. The molecule has 3 rings (SSSR count). The van der Waals surface area contributed by atoms with Gasteiger partial charge in [-0.2, -0.15) is 0 Å². The van der Waals surface area contributed by atoms with Gasteiger partial charge in [0.25, 0.3) is 5.91 Å². The van der Waals surface area contributed by atoms with Gasteiger partial charge in [0.15, 0.2) is 0 Å². The summed E-state index contributed by atoms with van der Waals surface area (Å²) in [7, 11) is 0. The molecule has 1 amide bonds. The number of rotatable bonds is 4. The first-order chi connectivity index (χ1) is 11.7. The van der Waals surface area contributed by atoms with E-state index >= 15 is 0 Å². The molecule has 1 fully saturated rings. The Kier molecular flexibility index (Phi) is 5.48. The van der Waals surface area contributed by atoms with E-state index in [9.17, 15) is 9.18 Å². The minimum absolute atomic E-state index is 0.0140. The molecule has 0 N–H and O–H groups in total. The van der Waals surface area contributed by atoms with Gasteiger partial charge in [-0.1, -0.05) is 12.1 Å². The number of carbonyl (C=O) groups excluding carboxylic acids is 1. The Morgan fingerprint density at radius 1 is 1.38 bits per heavy atom. The molecule has 4 nitrogen and oxygen atoms in total. The van der Waals surface area contributed by atoms with Gasteiger partial charge in [0.1, 0.15) is 10.8 Å². The van der Waals surface area contributed by atoms with E-state index in [-0.39, 0.29) is 17.8 Å². The first-order valence-electron chi connectivity index (χ1n) is 7.81. The van der Waals surface area contributed by atoms with Gasteiger partial charge < -0.3 is 9.64 Å². The second kappa shape index (κ2) is 7.77. The molecule has 1 aromatic carbocycles. The minimum atomic E-state index is -0.249. The molecule has 1 unspecified atom stereocenters. The number of hydrogen-bond acceptors (Lipinski definition) is 4. The van der Waals surface area contributed by atoms with Crippen LogP contribution in [0.25, 0.3) is 0 Å². The number of halogens is 1. The van der Waals surface area contributed by atoms with Crippen LogP contribution in [0, 0.1) is 5.82 Å². The maximum absolute atomic E-state index is 13.0. The van der Waals surface area contributed by atoms with E-state index in [4.69, 9.17) is 4.74 Å². The molecule has 0 spiro atoms. The van der Waals surface area contributed by atoms with Crippen molar-refractivity contribution in [3.8, 4) is 0 Å². The van der Waals surface area contributed by atoms with E-state index in [1.807, 2.05) is 17.2 Å². The van der Waals surface area contributed by atoms with Gasteiger partial charge in [0, 0.05) is 25.7 Å². The predicted octanol–water partition coefficient (Wildman–Crippen LogP) is 3.03. The number of aromatic nitrogens is 1. The highest BCUT2D eigenvalue weighted by Crippen LogP contribution is 2.20. The van der Waals surface area contributed by atoms with Crippen molar-refractivity contribution in [2.45, 2.75) is 17.6 Å². The molecule has 24 heavy (non-hydrogen) atoms. The van der Waals surface area contributed by atoms with Gasteiger partial charge in [0.2, 0.25) is 0 Å². The average molecular weight is 346 g/mol. The Morgan fingerprint density at radius 2 is 2.17 bits per heavy atom. The van der Waals surface area contributed by atoms with Crippen LogP contribution in [0.5, 0.6) is 0 Å². The van der Waals surface area contributed by atoms with Crippen LogP contribution < -0.4 is 0 Å². The first-order valence-corrected chi connectivity index (χ1v) is 9.04. The minimum Gasteiger partial charge on any atom is -0.374 e. The fourth-order valence-electron chi connectivity index (χ4n) is 2.80. The van der Waals surface area contributed by atoms with Crippen LogP contribution in [0.1, 0.15) is 15.9 Å². The van der Waals surface area contributed by atoms with Gasteiger partial charge in [0.05, 0.1) is 18.3 Å². The molecule has 0 saturated carbocycles.